The fourth-order valence-electron chi connectivity index (χ4n) is 4.22. The maximum atomic E-state index is 14.8. The van der Waals surface area contributed by atoms with Crippen LogP contribution in [0.5, 0.6) is 0 Å². The smallest absolute Gasteiger partial charge is 0.163 e. The lowest BCUT2D eigenvalue weighted by molar-refractivity contribution is 0.00393. The summed E-state index contributed by atoms with van der Waals surface area (Å²) in [4.78, 5) is 18.6. The first-order chi connectivity index (χ1) is 15.5. The van der Waals surface area contributed by atoms with Crippen molar-refractivity contribution >= 4 is 22.6 Å². The summed E-state index contributed by atoms with van der Waals surface area (Å²) < 4.78 is 20.9. The highest BCUT2D eigenvalue weighted by Crippen LogP contribution is 2.38. The van der Waals surface area contributed by atoms with Gasteiger partial charge in [-0.15, -0.1) is 0 Å². The Morgan fingerprint density at radius 1 is 1.00 bits per heavy atom. The molecule has 7 heteroatoms. The number of halogens is 2. The molecular weight excluding hydrogens is 427 g/mol. The largest absolute Gasteiger partial charge is 0.373 e. The molecular formula is C25H22ClFN4O. The van der Waals surface area contributed by atoms with Crippen LogP contribution in [-0.2, 0) is 4.74 Å². The summed E-state index contributed by atoms with van der Waals surface area (Å²) in [5.74, 6) is 0.322. The lowest BCUT2D eigenvalue weighted by Crippen LogP contribution is -2.21. The van der Waals surface area contributed by atoms with Crippen molar-refractivity contribution in [3.63, 3.8) is 0 Å². The van der Waals surface area contributed by atoms with Crippen molar-refractivity contribution in [1.82, 2.24) is 19.9 Å². The van der Waals surface area contributed by atoms with Gasteiger partial charge in [-0.3, -0.25) is 4.98 Å². The number of aromatic nitrogens is 4. The molecule has 0 bridgehead atoms. The summed E-state index contributed by atoms with van der Waals surface area (Å²) in [7, 11) is 0. The summed E-state index contributed by atoms with van der Waals surface area (Å²) in [5.41, 5.74) is 4.40. The lowest BCUT2D eigenvalue weighted by atomic mass is 9.91. The number of hydrogen-bond donors (Lipinski definition) is 0. The Morgan fingerprint density at radius 2 is 1.88 bits per heavy atom. The highest BCUT2D eigenvalue weighted by Gasteiger charge is 2.28. The maximum Gasteiger partial charge on any atom is 0.163 e. The van der Waals surface area contributed by atoms with Crippen LogP contribution in [0.4, 0.5) is 4.39 Å². The zero-order chi connectivity index (χ0) is 22.2. The molecule has 0 aliphatic carbocycles. The fraction of sp³-hybridized carbons (Fsp3) is 0.280. The van der Waals surface area contributed by atoms with Crippen molar-refractivity contribution in [2.24, 2.45) is 0 Å². The molecule has 0 radical (unpaired) electrons. The number of hydrogen-bond acceptors (Lipinski definition) is 5. The van der Waals surface area contributed by atoms with Crippen molar-refractivity contribution in [2.75, 3.05) is 6.61 Å². The lowest BCUT2D eigenvalue weighted by Gasteiger charge is -2.29. The standard InChI is InChI=1S/C25H22ClFN4O/c1-14-3-5-20-23(19-6-4-18(26)13-21(19)27)30-24(31-25(20)29-14)17-8-10-32-22(12-17)16-7-9-28-15(2)11-16/h3-7,9,11,13,17,22H,8,10,12H2,1-2H3. The number of ether oxygens (including phenoxy) is 1. The molecule has 1 fully saturated rings. The number of nitrogens with zero attached hydrogens (tertiary/aromatic N) is 4. The number of rotatable bonds is 3. The van der Waals surface area contributed by atoms with Gasteiger partial charge in [0.1, 0.15) is 11.6 Å². The van der Waals surface area contributed by atoms with E-state index in [0.29, 0.717) is 39.7 Å². The second-order valence-electron chi connectivity index (χ2n) is 8.19. The van der Waals surface area contributed by atoms with E-state index in [1.54, 1.807) is 18.3 Å². The normalized spacial score (nSPS) is 18.8. The number of pyridine rings is 2. The third-order valence-corrected chi connectivity index (χ3v) is 6.08. The molecule has 2 unspecified atom stereocenters. The highest BCUT2D eigenvalue weighted by molar-refractivity contribution is 6.30. The molecule has 1 aliphatic heterocycles. The molecule has 5 nitrogen and oxygen atoms in total. The van der Waals surface area contributed by atoms with Gasteiger partial charge < -0.3 is 4.74 Å². The Labute approximate surface area is 190 Å². The maximum absolute atomic E-state index is 14.8. The number of aryl methyl sites for hydroxylation is 2. The van der Waals surface area contributed by atoms with Crippen LogP contribution in [0.3, 0.4) is 0 Å². The third kappa shape index (κ3) is 4.08. The molecule has 162 valence electrons. The molecule has 2 atom stereocenters. The Bertz CT molecular complexity index is 1310. The summed E-state index contributed by atoms with van der Waals surface area (Å²) in [6.45, 7) is 4.49. The van der Waals surface area contributed by atoms with Gasteiger partial charge in [-0.2, -0.15) is 0 Å². The number of benzene rings is 1. The molecule has 4 heterocycles. The van der Waals surface area contributed by atoms with E-state index >= 15 is 0 Å². The zero-order valence-corrected chi connectivity index (χ0v) is 18.6. The van der Waals surface area contributed by atoms with Gasteiger partial charge in [0, 0.05) is 46.1 Å². The van der Waals surface area contributed by atoms with Gasteiger partial charge in [-0.05, 0) is 74.7 Å². The van der Waals surface area contributed by atoms with Crippen molar-refractivity contribution in [2.45, 2.75) is 38.7 Å². The Morgan fingerprint density at radius 3 is 2.69 bits per heavy atom. The molecule has 0 amide bonds. The first kappa shape index (κ1) is 20.9. The van der Waals surface area contributed by atoms with Crippen molar-refractivity contribution in [1.29, 1.82) is 0 Å². The molecule has 5 rings (SSSR count). The van der Waals surface area contributed by atoms with Crippen LogP contribution in [0, 0.1) is 19.7 Å². The topological polar surface area (TPSA) is 60.8 Å². The van der Waals surface area contributed by atoms with Crippen LogP contribution in [0.15, 0.2) is 48.7 Å². The molecule has 0 N–H and O–H groups in total. The van der Waals surface area contributed by atoms with Crippen molar-refractivity contribution in [3.8, 4) is 11.3 Å². The summed E-state index contributed by atoms with van der Waals surface area (Å²) in [6.07, 6.45) is 3.28. The van der Waals surface area contributed by atoms with Gasteiger partial charge in [-0.1, -0.05) is 11.6 Å². The first-order valence-corrected chi connectivity index (χ1v) is 11.0. The molecule has 1 aliphatic rings. The SMILES string of the molecule is Cc1cc(C2CC(c3nc(-c4ccc(Cl)cc4F)c4ccc(C)nc4n3)CCO2)ccn1. The van der Waals surface area contributed by atoms with E-state index in [4.69, 9.17) is 26.3 Å². The Balaban J connectivity index is 1.59. The van der Waals surface area contributed by atoms with E-state index in [9.17, 15) is 4.39 Å². The first-order valence-electron chi connectivity index (χ1n) is 10.6. The van der Waals surface area contributed by atoms with Crippen LogP contribution in [0.1, 0.15) is 47.6 Å². The van der Waals surface area contributed by atoms with Crippen LogP contribution in [-0.4, -0.2) is 26.5 Å². The molecule has 0 spiro atoms. The predicted octanol–water partition coefficient (Wildman–Crippen LogP) is 6.13. The van der Waals surface area contributed by atoms with Gasteiger partial charge in [0.2, 0.25) is 0 Å². The highest BCUT2D eigenvalue weighted by atomic mass is 35.5. The van der Waals surface area contributed by atoms with E-state index in [1.807, 2.05) is 38.1 Å². The molecule has 0 saturated carbocycles. The van der Waals surface area contributed by atoms with E-state index in [0.717, 1.165) is 29.8 Å². The summed E-state index contributed by atoms with van der Waals surface area (Å²) >= 11 is 5.98. The fourth-order valence-corrected chi connectivity index (χ4v) is 4.38. The van der Waals surface area contributed by atoms with Crippen molar-refractivity contribution in [3.05, 3.63) is 82.3 Å². The predicted molar refractivity (Wildman–Crippen MR) is 122 cm³/mol. The molecule has 3 aromatic heterocycles. The van der Waals surface area contributed by atoms with Crippen LogP contribution < -0.4 is 0 Å². The van der Waals surface area contributed by atoms with Gasteiger partial charge in [-0.25, -0.2) is 19.3 Å². The van der Waals surface area contributed by atoms with E-state index in [2.05, 4.69) is 9.97 Å². The van der Waals surface area contributed by atoms with Crippen LogP contribution in [0.2, 0.25) is 5.02 Å². The van der Waals surface area contributed by atoms with Gasteiger partial charge in [0.25, 0.3) is 0 Å². The third-order valence-electron chi connectivity index (χ3n) is 5.84. The average Bonchev–Trinajstić information content (AvgIpc) is 2.78. The van der Waals surface area contributed by atoms with Gasteiger partial charge in [0.15, 0.2) is 5.65 Å². The second-order valence-corrected chi connectivity index (χ2v) is 8.63. The van der Waals surface area contributed by atoms with Gasteiger partial charge in [0.05, 0.1) is 11.8 Å². The zero-order valence-electron chi connectivity index (χ0n) is 17.8. The molecule has 1 saturated heterocycles. The Kier molecular flexibility index (Phi) is 5.57. The quantitative estimate of drug-likeness (QED) is 0.377. The minimum atomic E-state index is -0.416. The molecule has 1 aromatic carbocycles. The van der Waals surface area contributed by atoms with Crippen LogP contribution >= 0.6 is 11.6 Å². The monoisotopic (exact) mass is 448 g/mol. The van der Waals surface area contributed by atoms with E-state index in [1.165, 1.54) is 6.07 Å². The summed E-state index contributed by atoms with van der Waals surface area (Å²) in [5, 5.41) is 1.06. The Hall–Kier alpha value is -2.96. The molecule has 4 aromatic rings. The second kappa shape index (κ2) is 8.52. The molecule has 32 heavy (non-hydrogen) atoms. The van der Waals surface area contributed by atoms with E-state index in [-0.39, 0.29) is 12.0 Å². The minimum absolute atomic E-state index is 0.0593. The minimum Gasteiger partial charge on any atom is -0.373 e. The summed E-state index contributed by atoms with van der Waals surface area (Å²) in [6, 6.07) is 12.5. The van der Waals surface area contributed by atoms with Crippen LogP contribution in [0.25, 0.3) is 22.3 Å². The van der Waals surface area contributed by atoms with Gasteiger partial charge >= 0.3 is 0 Å². The average molecular weight is 449 g/mol. The van der Waals surface area contributed by atoms with Crippen molar-refractivity contribution < 1.29 is 9.13 Å². The van der Waals surface area contributed by atoms with E-state index < -0.39 is 5.82 Å². The number of fused-ring (bicyclic) bond motifs is 1.